The summed E-state index contributed by atoms with van der Waals surface area (Å²) in [6.45, 7) is 6.31. The highest BCUT2D eigenvalue weighted by Gasteiger charge is 2.45. The minimum Gasteiger partial charge on any atom is -0.494 e. The van der Waals surface area contributed by atoms with Gasteiger partial charge in [-0.25, -0.2) is 4.79 Å². The molecule has 19 heavy (non-hydrogen) atoms. The topological polar surface area (TPSA) is 47.2 Å². The number of nitrogens with zero attached hydrogens (tertiary/aromatic N) is 2. The zero-order valence-electron chi connectivity index (χ0n) is 11.9. The highest BCUT2D eigenvalue weighted by Crippen LogP contribution is 2.51. The maximum absolute atomic E-state index is 12.8. The molecule has 1 aromatic rings. The third-order valence-corrected chi connectivity index (χ3v) is 7.60. The van der Waals surface area contributed by atoms with Crippen LogP contribution in [-0.4, -0.2) is 22.1 Å². The molecule has 1 N–H and O–H groups in total. The van der Waals surface area contributed by atoms with Gasteiger partial charge in [0.2, 0.25) is 5.88 Å². The fourth-order valence-corrected chi connectivity index (χ4v) is 6.43. The number of hydrogen-bond donors (Lipinski definition) is 1. The van der Waals surface area contributed by atoms with Crippen molar-refractivity contribution in [3.05, 3.63) is 16.2 Å². The van der Waals surface area contributed by atoms with Gasteiger partial charge in [0.25, 0.3) is 0 Å². The molecule has 0 radical (unpaired) electrons. The number of imidazole rings is 1. The second-order valence-electron chi connectivity index (χ2n) is 6.69. The van der Waals surface area contributed by atoms with Crippen molar-refractivity contribution in [3.63, 3.8) is 0 Å². The van der Waals surface area contributed by atoms with E-state index in [0.717, 1.165) is 24.3 Å². The predicted molar refractivity (Wildman–Crippen MR) is 81.5 cm³/mol. The monoisotopic (exact) mass is 298 g/mol. The van der Waals surface area contributed by atoms with E-state index in [1.807, 2.05) is 16.3 Å². The van der Waals surface area contributed by atoms with Crippen LogP contribution in [0.25, 0.3) is 0 Å². The molecule has 2 aliphatic rings. The Kier molecular flexibility index (Phi) is 2.94. The van der Waals surface area contributed by atoms with Crippen LogP contribution in [0.2, 0.25) is 19.6 Å². The van der Waals surface area contributed by atoms with Crippen molar-refractivity contribution in [2.24, 2.45) is 0 Å². The van der Waals surface area contributed by atoms with Gasteiger partial charge in [-0.2, -0.15) is 0 Å². The molecule has 4 nitrogen and oxygen atoms in total. The van der Waals surface area contributed by atoms with E-state index in [1.165, 1.54) is 19.3 Å². The summed E-state index contributed by atoms with van der Waals surface area (Å²) in [5.74, 6) is 1.01. The number of thioether (sulfide) groups is 1. The third kappa shape index (κ3) is 1.83. The predicted octanol–water partition coefficient (Wildman–Crippen LogP) is 2.90. The van der Waals surface area contributed by atoms with Crippen molar-refractivity contribution >= 4 is 20.0 Å². The number of aromatic nitrogens is 2. The molecule has 0 aromatic carbocycles. The molecule has 106 valence electrons. The molecule has 0 bridgehead atoms. The van der Waals surface area contributed by atoms with Gasteiger partial charge in [0.15, 0.2) is 8.24 Å². The molecular formula is C13H22N2O2SSi. The SMILES string of the molecule is C[Si](C)(C)n1c(O)c2n(c1=O)C1(CCCCC1)SC2. The van der Waals surface area contributed by atoms with Crippen LogP contribution >= 0.6 is 11.8 Å². The summed E-state index contributed by atoms with van der Waals surface area (Å²) in [5.41, 5.74) is 0.887. The average Bonchev–Trinajstić information content (AvgIpc) is 2.79. The molecule has 1 fully saturated rings. The number of aromatic hydroxyl groups is 1. The molecule has 1 spiro atoms. The minimum atomic E-state index is -1.87. The van der Waals surface area contributed by atoms with Gasteiger partial charge in [0.1, 0.15) is 0 Å². The second-order valence-corrected chi connectivity index (χ2v) is 12.8. The van der Waals surface area contributed by atoms with Crippen LogP contribution in [0.4, 0.5) is 0 Å². The third-order valence-electron chi connectivity index (χ3n) is 4.31. The Hall–Kier alpha value is -0.623. The zero-order chi connectivity index (χ0) is 13.8. The molecule has 1 aliphatic heterocycles. The first kappa shape index (κ1) is 13.4. The largest absolute Gasteiger partial charge is 0.494 e. The first-order chi connectivity index (χ1) is 8.87. The summed E-state index contributed by atoms with van der Waals surface area (Å²) in [6.07, 6.45) is 5.79. The van der Waals surface area contributed by atoms with Crippen molar-refractivity contribution in [1.82, 2.24) is 8.80 Å². The van der Waals surface area contributed by atoms with E-state index in [4.69, 9.17) is 0 Å². The lowest BCUT2D eigenvalue weighted by Gasteiger charge is -2.33. The zero-order valence-corrected chi connectivity index (χ0v) is 13.7. The standard InChI is InChI=1S/C13H22N2O2SSi/c1-19(2,3)15-11(16)10-9-18-13(14(10)12(15)17)7-5-4-6-8-13/h16H,4-9H2,1-3H3. The van der Waals surface area contributed by atoms with Crippen LogP contribution in [0.5, 0.6) is 5.88 Å². The summed E-state index contributed by atoms with van der Waals surface area (Å²) >= 11 is 1.85. The van der Waals surface area contributed by atoms with Gasteiger partial charge in [-0.1, -0.05) is 38.9 Å². The molecule has 1 aromatic heterocycles. The smallest absolute Gasteiger partial charge is 0.324 e. The molecule has 0 unspecified atom stereocenters. The molecule has 0 saturated heterocycles. The number of rotatable bonds is 1. The fourth-order valence-electron chi connectivity index (χ4n) is 3.43. The second kappa shape index (κ2) is 4.18. The van der Waals surface area contributed by atoms with E-state index in [1.54, 1.807) is 4.23 Å². The minimum absolute atomic E-state index is 0.0265. The lowest BCUT2D eigenvalue weighted by molar-refractivity contribution is 0.308. The highest BCUT2D eigenvalue weighted by atomic mass is 32.2. The van der Waals surface area contributed by atoms with Crippen LogP contribution in [0.3, 0.4) is 0 Å². The Bertz CT molecular complexity index is 564. The molecule has 0 amide bonds. The fraction of sp³-hybridized carbons (Fsp3) is 0.769. The Morgan fingerprint density at radius 2 is 1.84 bits per heavy atom. The summed E-state index contributed by atoms with van der Waals surface area (Å²) in [5, 5.41) is 10.4. The first-order valence-corrected chi connectivity index (χ1v) is 11.5. The van der Waals surface area contributed by atoms with E-state index < -0.39 is 8.24 Å². The lowest BCUT2D eigenvalue weighted by atomic mass is 9.94. The Balaban J connectivity index is 2.19. The van der Waals surface area contributed by atoms with Crippen LogP contribution in [0.1, 0.15) is 37.8 Å². The first-order valence-electron chi connectivity index (χ1n) is 7.07. The van der Waals surface area contributed by atoms with Gasteiger partial charge >= 0.3 is 5.69 Å². The average molecular weight is 298 g/mol. The van der Waals surface area contributed by atoms with Crippen molar-refractivity contribution in [1.29, 1.82) is 0 Å². The molecule has 2 heterocycles. The summed E-state index contributed by atoms with van der Waals surface area (Å²) < 4.78 is 3.63. The van der Waals surface area contributed by atoms with E-state index >= 15 is 0 Å². The quantitative estimate of drug-likeness (QED) is 0.811. The maximum Gasteiger partial charge on any atom is 0.324 e. The van der Waals surface area contributed by atoms with Crippen LogP contribution in [0, 0.1) is 0 Å². The molecule has 0 atom stereocenters. The molecule has 6 heteroatoms. The highest BCUT2D eigenvalue weighted by molar-refractivity contribution is 7.99. The van der Waals surface area contributed by atoms with Gasteiger partial charge in [-0.15, -0.1) is 11.8 Å². The van der Waals surface area contributed by atoms with Crippen molar-refractivity contribution in [2.75, 3.05) is 0 Å². The van der Waals surface area contributed by atoms with E-state index in [0.29, 0.717) is 0 Å². The molecule has 1 saturated carbocycles. The van der Waals surface area contributed by atoms with Crippen molar-refractivity contribution < 1.29 is 5.11 Å². The van der Waals surface area contributed by atoms with Crippen molar-refractivity contribution in [3.8, 4) is 5.88 Å². The van der Waals surface area contributed by atoms with Crippen LogP contribution in [0.15, 0.2) is 4.79 Å². The summed E-state index contributed by atoms with van der Waals surface area (Å²) in [4.78, 5) is 12.7. The van der Waals surface area contributed by atoms with Crippen LogP contribution in [-0.2, 0) is 10.6 Å². The molecular weight excluding hydrogens is 276 g/mol. The Labute approximate surface area is 118 Å². The van der Waals surface area contributed by atoms with Crippen molar-refractivity contribution in [2.45, 2.75) is 62.4 Å². The number of fused-ring (bicyclic) bond motifs is 2. The van der Waals surface area contributed by atoms with Gasteiger partial charge in [0, 0.05) is 5.75 Å². The maximum atomic E-state index is 12.8. The number of hydrogen-bond acceptors (Lipinski definition) is 3. The van der Waals surface area contributed by atoms with E-state index in [-0.39, 0.29) is 16.4 Å². The van der Waals surface area contributed by atoms with Gasteiger partial charge in [-0.3, -0.25) is 8.80 Å². The van der Waals surface area contributed by atoms with E-state index in [2.05, 4.69) is 19.6 Å². The lowest BCUT2D eigenvalue weighted by Crippen LogP contribution is -2.45. The molecule has 3 rings (SSSR count). The Morgan fingerprint density at radius 3 is 2.42 bits per heavy atom. The Morgan fingerprint density at radius 1 is 1.21 bits per heavy atom. The summed E-state index contributed by atoms with van der Waals surface area (Å²) in [6, 6.07) is 0. The normalized spacial score (nSPS) is 21.8. The van der Waals surface area contributed by atoms with Gasteiger partial charge in [0.05, 0.1) is 10.6 Å². The van der Waals surface area contributed by atoms with Gasteiger partial charge in [-0.05, 0) is 12.8 Å². The molecule has 1 aliphatic carbocycles. The van der Waals surface area contributed by atoms with E-state index in [9.17, 15) is 9.90 Å². The van der Waals surface area contributed by atoms with Gasteiger partial charge < -0.3 is 5.11 Å². The van der Waals surface area contributed by atoms with Crippen LogP contribution < -0.4 is 5.69 Å². The summed E-state index contributed by atoms with van der Waals surface area (Å²) in [7, 11) is -1.87.